The van der Waals surface area contributed by atoms with Gasteiger partial charge in [0.2, 0.25) is 0 Å². The van der Waals surface area contributed by atoms with Gasteiger partial charge in [-0.3, -0.25) is 9.19 Å². The highest BCUT2D eigenvalue weighted by atomic mass is 35.5. The van der Waals surface area contributed by atoms with Gasteiger partial charge in [0.15, 0.2) is 0 Å². The van der Waals surface area contributed by atoms with Gasteiger partial charge in [-0.15, -0.1) is 0 Å². The summed E-state index contributed by atoms with van der Waals surface area (Å²) in [5.74, 6) is 0.787. The molecule has 134 valence electrons. The lowest BCUT2D eigenvalue weighted by Gasteiger charge is -2.27. The minimum absolute atomic E-state index is 0.0202. The smallest absolute Gasteiger partial charge is 0.129 e. The lowest BCUT2D eigenvalue weighted by Crippen LogP contribution is -2.36. The standard InChI is InChI=1S/C17H21ClN4O2S/c1-12-4-3-6-19-17(12)14-10-16(20-11-15(14)18)21-7-5-13(2)22(9-8-21)25(23)24/h3-4,6,10-11,13H,5,7-9H2,1-2H3,(H,23,24)/p-1/t13-/m0/s1. The van der Waals surface area contributed by atoms with Crippen molar-refractivity contribution in [2.24, 2.45) is 0 Å². The SMILES string of the molecule is Cc1cccnc1-c1cc(N2CC[C@H](C)N(S(=O)[O-])CC2)ncc1Cl. The Kier molecular flexibility index (Phi) is 5.68. The van der Waals surface area contributed by atoms with E-state index in [-0.39, 0.29) is 6.04 Å². The first-order valence-electron chi connectivity index (χ1n) is 8.16. The minimum atomic E-state index is -2.20. The summed E-state index contributed by atoms with van der Waals surface area (Å²) in [5.41, 5.74) is 2.71. The van der Waals surface area contributed by atoms with Gasteiger partial charge in [-0.2, -0.15) is 0 Å². The monoisotopic (exact) mass is 379 g/mol. The van der Waals surface area contributed by atoms with E-state index in [1.807, 2.05) is 32.0 Å². The van der Waals surface area contributed by atoms with Gasteiger partial charge in [0.25, 0.3) is 0 Å². The third-order valence-corrected chi connectivity index (χ3v) is 5.75. The molecule has 0 saturated carbocycles. The van der Waals surface area contributed by atoms with Crippen LogP contribution in [-0.4, -0.2) is 48.7 Å². The molecule has 2 aromatic rings. The Morgan fingerprint density at radius 1 is 1.32 bits per heavy atom. The fraction of sp³-hybridized carbons (Fsp3) is 0.412. The van der Waals surface area contributed by atoms with Crippen LogP contribution in [-0.2, 0) is 11.3 Å². The zero-order valence-electron chi connectivity index (χ0n) is 14.2. The molecule has 3 rings (SSSR count). The maximum Gasteiger partial charge on any atom is 0.129 e. The third-order valence-electron chi connectivity index (χ3n) is 4.52. The number of aryl methyl sites for hydroxylation is 1. The number of nitrogens with zero attached hydrogens (tertiary/aromatic N) is 4. The molecule has 6 nitrogen and oxygen atoms in total. The maximum atomic E-state index is 11.3. The van der Waals surface area contributed by atoms with Crippen LogP contribution in [0.2, 0.25) is 5.02 Å². The highest BCUT2D eigenvalue weighted by molar-refractivity contribution is 7.76. The molecule has 1 fully saturated rings. The number of aromatic nitrogens is 2. The molecular weight excluding hydrogens is 360 g/mol. The topological polar surface area (TPSA) is 72.4 Å². The summed E-state index contributed by atoms with van der Waals surface area (Å²) in [7, 11) is 0. The van der Waals surface area contributed by atoms with E-state index in [2.05, 4.69) is 14.9 Å². The lowest BCUT2D eigenvalue weighted by molar-refractivity contribution is 0.335. The van der Waals surface area contributed by atoms with E-state index in [4.69, 9.17) is 11.6 Å². The van der Waals surface area contributed by atoms with E-state index in [9.17, 15) is 8.76 Å². The number of pyridine rings is 2. The molecule has 0 radical (unpaired) electrons. The molecule has 0 aliphatic carbocycles. The van der Waals surface area contributed by atoms with E-state index in [1.165, 1.54) is 4.31 Å². The molecule has 3 heterocycles. The Balaban J connectivity index is 1.90. The van der Waals surface area contributed by atoms with E-state index >= 15 is 0 Å². The van der Waals surface area contributed by atoms with E-state index in [0.717, 1.165) is 35.6 Å². The molecule has 2 atom stereocenters. The van der Waals surface area contributed by atoms with Gasteiger partial charge in [-0.05, 0) is 38.0 Å². The quantitative estimate of drug-likeness (QED) is 0.767. The van der Waals surface area contributed by atoms with Crippen LogP contribution in [0.4, 0.5) is 5.82 Å². The summed E-state index contributed by atoms with van der Waals surface area (Å²) in [6.45, 7) is 5.70. The lowest BCUT2D eigenvalue weighted by atomic mass is 10.1. The largest absolute Gasteiger partial charge is 0.760 e. The summed E-state index contributed by atoms with van der Waals surface area (Å²) in [5, 5.41) is 0.552. The predicted octanol–water partition coefficient (Wildman–Crippen LogP) is 2.80. The van der Waals surface area contributed by atoms with Crippen molar-refractivity contribution in [1.29, 1.82) is 0 Å². The Morgan fingerprint density at radius 3 is 2.84 bits per heavy atom. The van der Waals surface area contributed by atoms with Crippen LogP contribution in [0.15, 0.2) is 30.6 Å². The van der Waals surface area contributed by atoms with Gasteiger partial charge in [0, 0.05) is 54.9 Å². The van der Waals surface area contributed by atoms with Crippen molar-refractivity contribution in [1.82, 2.24) is 14.3 Å². The molecule has 0 spiro atoms. The normalized spacial score (nSPS) is 20.3. The summed E-state index contributed by atoms with van der Waals surface area (Å²) in [6.07, 6.45) is 4.13. The number of hydrogen-bond donors (Lipinski definition) is 0. The summed E-state index contributed by atoms with van der Waals surface area (Å²) in [6, 6.07) is 5.80. The summed E-state index contributed by atoms with van der Waals surface area (Å²) in [4.78, 5) is 11.0. The molecule has 0 bridgehead atoms. The van der Waals surface area contributed by atoms with Gasteiger partial charge in [-0.25, -0.2) is 9.29 Å². The van der Waals surface area contributed by atoms with Crippen LogP contribution in [0.25, 0.3) is 11.3 Å². The van der Waals surface area contributed by atoms with Crippen molar-refractivity contribution in [2.45, 2.75) is 26.3 Å². The summed E-state index contributed by atoms with van der Waals surface area (Å²) >= 11 is 4.15. The maximum absolute atomic E-state index is 11.3. The van der Waals surface area contributed by atoms with E-state index < -0.39 is 11.3 Å². The molecule has 1 unspecified atom stereocenters. The van der Waals surface area contributed by atoms with Crippen molar-refractivity contribution in [3.05, 3.63) is 41.2 Å². The van der Waals surface area contributed by atoms with Crippen LogP contribution in [0.5, 0.6) is 0 Å². The van der Waals surface area contributed by atoms with Crippen LogP contribution >= 0.6 is 11.6 Å². The Morgan fingerprint density at radius 2 is 2.12 bits per heavy atom. The van der Waals surface area contributed by atoms with Gasteiger partial charge in [0.05, 0.1) is 10.7 Å². The highest BCUT2D eigenvalue weighted by Crippen LogP contribution is 2.31. The van der Waals surface area contributed by atoms with Gasteiger partial charge >= 0.3 is 0 Å². The molecule has 0 aromatic carbocycles. The molecular formula is C17H20ClN4O2S-. The van der Waals surface area contributed by atoms with Crippen molar-refractivity contribution in [3.8, 4) is 11.3 Å². The predicted molar refractivity (Wildman–Crippen MR) is 99.1 cm³/mol. The Hall–Kier alpha value is -1.54. The molecule has 1 saturated heterocycles. The Bertz CT molecular complexity index is 789. The molecule has 0 amide bonds. The number of hydrogen-bond acceptors (Lipinski definition) is 5. The van der Waals surface area contributed by atoms with Gasteiger partial charge in [-0.1, -0.05) is 17.7 Å². The average molecular weight is 380 g/mol. The number of halogens is 1. The molecule has 1 aliphatic heterocycles. The third kappa shape index (κ3) is 4.00. The van der Waals surface area contributed by atoms with Gasteiger partial charge < -0.3 is 9.45 Å². The second-order valence-electron chi connectivity index (χ2n) is 6.17. The van der Waals surface area contributed by atoms with Crippen molar-refractivity contribution >= 4 is 28.7 Å². The van der Waals surface area contributed by atoms with Crippen molar-refractivity contribution < 1.29 is 8.76 Å². The Labute approximate surface area is 155 Å². The van der Waals surface area contributed by atoms with Gasteiger partial charge in [0.1, 0.15) is 5.82 Å². The van der Waals surface area contributed by atoms with Crippen LogP contribution < -0.4 is 4.90 Å². The molecule has 1 aliphatic rings. The second-order valence-corrected chi connectivity index (χ2v) is 7.48. The molecule has 2 aromatic heterocycles. The first-order valence-corrected chi connectivity index (χ1v) is 9.57. The highest BCUT2D eigenvalue weighted by Gasteiger charge is 2.23. The van der Waals surface area contributed by atoms with Crippen molar-refractivity contribution in [2.75, 3.05) is 24.5 Å². The van der Waals surface area contributed by atoms with Crippen LogP contribution in [0, 0.1) is 6.92 Å². The number of rotatable bonds is 3. The van der Waals surface area contributed by atoms with Crippen molar-refractivity contribution in [3.63, 3.8) is 0 Å². The zero-order chi connectivity index (χ0) is 18.0. The fourth-order valence-corrected chi connectivity index (χ4v) is 3.86. The second kappa shape index (κ2) is 7.78. The van der Waals surface area contributed by atoms with Crippen LogP contribution in [0.1, 0.15) is 18.9 Å². The minimum Gasteiger partial charge on any atom is -0.760 e. The number of anilines is 1. The first kappa shape index (κ1) is 18.3. The molecule has 25 heavy (non-hydrogen) atoms. The van der Waals surface area contributed by atoms with Crippen LogP contribution in [0.3, 0.4) is 0 Å². The molecule has 0 N–H and O–H groups in total. The first-order chi connectivity index (χ1) is 12.0. The van der Waals surface area contributed by atoms with E-state index in [1.54, 1.807) is 12.4 Å². The average Bonchev–Trinajstić information content (AvgIpc) is 2.78. The van der Waals surface area contributed by atoms with E-state index in [0.29, 0.717) is 18.1 Å². The molecule has 8 heteroatoms. The fourth-order valence-electron chi connectivity index (χ4n) is 3.04. The zero-order valence-corrected chi connectivity index (χ0v) is 15.8. The summed E-state index contributed by atoms with van der Waals surface area (Å²) < 4.78 is 24.2.